The molecule has 0 amide bonds. The van der Waals surface area contributed by atoms with E-state index in [1.165, 1.54) is 0 Å². The van der Waals surface area contributed by atoms with E-state index in [4.69, 9.17) is 27.0 Å². The minimum absolute atomic E-state index is 0.0516. The molecule has 0 spiro atoms. The maximum absolute atomic E-state index is 11.0. The van der Waals surface area contributed by atoms with Crippen LogP contribution in [-0.4, -0.2) is 120 Å². The van der Waals surface area contributed by atoms with Crippen molar-refractivity contribution in [2.45, 2.75) is 61.8 Å². The van der Waals surface area contributed by atoms with Crippen LogP contribution in [0.2, 0.25) is 0 Å². The molecule has 12 N–H and O–H groups in total. The predicted molar refractivity (Wildman–Crippen MR) is 108 cm³/mol. The molecule has 0 saturated carbocycles. The van der Waals surface area contributed by atoms with Crippen molar-refractivity contribution in [3.63, 3.8) is 0 Å². The highest BCUT2D eigenvalue weighted by Crippen LogP contribution is 2.28. The van der Waals surface area contributed by atoms with Gasteiger partial charge in [0.05, 0.1) is 25.0 Å². The topological polar surface area (TPSA) is 208 Å². The summed E-state index contributed by atoms with van der Waals surface area (Å²) in [6, 6.07) is -1.01. The lowest BCUT2D eigenvalue weighted by molar-refractivity contribution is -0.138. The van der Waals surface area contributed by atoms with Gasteiger partial charge >= 0.3 is 5.97 Å². The minimum atomic E-state index is -1.08. The second-order valence-corrected chi connectivity index (χ2v) is 8.18. The molecule has 0 aliphatic carbocycles. The average molecular weight is 433 g/mol. The molecule has 174 valence electrons. The van der Waals surface area contributed by atoms with Crippen molar-refractivity contribution in [3.05, 3.63) is 0 Å². The Hall–Kier alpha value is -0.970. The molecular weight excluding hydrogens is 396 g/mol. The number of carbonyl (C=O) groups is 1. The molecule has 30 heavy (non-hydrogen) atoms. The highest BCUT2D eigenvalue weighted by atomic mass is 16.6. The summed E-state index contributed by atoms with van der Waals surface area (Å²) in [5.41, 5.74) is 17.3. The minimum Gasteiger partial charge on any atom is -0.480 e. The Morgan fingerprint density at radius 1 is 1.23 bits per heavy atom. The molecule has 8 atom stereocenters. The van der Waals surface area contributed by atoms with Crippen LogP contribution < -0.4 is 33.2 Å². The zero-order valence-electron chi connectivity index (χ0n) is 17.1. The van der Waals surface area contributed by atoms with Gasteiger partial charge in [-0.25, -0.2) is 4.90 Å². The summed E-state index contributed by atoms with van der Waals surface area (Å²) < 4.78 is 6.08. The Labute approximate surface area is 175 Å². The van der Waals surface area contributed by atoms with E-state index >= 15 is 0 Å². The number of nitrogens with two attached hydrogens (primary N) is 3. The number of nitrogens with one attached hydrogen (secondary N) is 3. The number of nitrogens with zero attached hydrogens (tertiary/aromatic N) is 2. The standard InChI is InChI=1S/C17H36N8O5/c18-3-1-4-24(5-2-9(19)17(28)29)6-10-12(26)13(27)16(30-10)25-8-23-11-14(20)21-7-22-15(11)25/h9-16,21-23,26-27H,1-8,18-20H2,(H,28,29)/t9-,10+,11?,12+,13+,14?,15?,16+/m0/s1. The molecule has 13 nitrogen and oxygen atoms in total. The highest BCUT2D eigenvalue weighted by Gasteiger charge is 2.51. The van der Waals surface area contributed by atoms with Crippen LogP contribution in [0.25, 0.3) is 0 Å². The number of aliphatic hydroxyl groups is 2. The molecule has 3 heterocycles. The second-order valence-electron chi connectivity index (χ2n) is 8.18. The van der Waals surface area contributed by atoms with Gasteiger partial charge in [0, 0.05) is 19.8 Å². The molecule has 3 unspecified atom stereocenters. The first-order valence-corrected chi connectivity index (χ1v) is 10.5. The summed E-state index contributed by atoms with van der Waals surface area (Å²) in [6.45, 7) is 2.87. The number of hydrogen-bond donors (Lipinski definition) is 9. The van der Waals surface area contributed by atoms with Gasteiger partial charge in [0.25, 0.3) is 0 Å². The van der Waals surface area contributed by atoms with Gasteiger partial charge < -0.3 is 42.2 Å². The van der Waals surface area contributed by atoms with Gasteiger partial charge in [0.15, 0.2) is 0 Å². The Bertz CT molecular complexity index is 574. The molecule has 3 rings (SSSR count). The summed E-state index contributed by atoms with van der Waals surface area (Å²) in [7, 11) is 0. The van der Waals surface area contributed by atoms with E-state index in [-0.39, 0.29) is 24.8 Å². The summed E-state index contributed by atoms with van der Waals surface area (Å²) in [6.07, 6.45) is -2.85. The van der Waals surface area contributed by atoms with Crippen LogP contribution in [0.4, 0.5) is 0 Å². The Kier molecular flexibility index (Phi) is 8.34. The van der Waals surface area contributed by atoms with E-state index in [1.807, 2.05) is 9.80 Å². The van der Waals surface area contributed by atoms with Gasteiger partial charge in [-0.3, -0.25) is 20.7 Å². The Balaban J connectivity index is 1.60. The zero-order valence-corrected chi connectivity index (χ0v) is 17.1. The maximum Gasteiger partial charge on any atom is 0.320 e. The van der Waals surface area contributed by atoms with Crippen molar-refractivity contribution in [1.82, 2.24) is 25.8 Å². The first-order chi connectivity index (χ1) is 14.3. The van der Waals surface area contributed by atoms with Crippen LogP contribution in [0.5, 0.6) is 0 Å². The normalized spacial score (nSPS) is 38.1. The lowest BCUT2D eigenvalue weighted by atomic mass is 10.1. The van der Waals surface area contributed by atoms with E-state index < -0.39 is 36.6 Å². The Morgan fingerprint density at radius 2 is 2.00 bits per heavy atom. The van der Waals surface area contributed by atoms with Gasteiger partial charge in [0.2, 0.25) is 0 Å². The number of aliphatic carboxylic acids is 1. The van der Waals surface area contributed by atoms with Crippen LogP contribution in [0.3, 0.4) is 0 Å². The van der Waals surface area contributed by atoms with Crippen molar-refractivity contribution >= 4 is 5.97 Å². The smallest absolute Gasteiger partial charge is 0.320 e. The fraction of sp³-hybridized carbons (Fsp3) is 0.941. The van der Waals surface area contributed by atoms with Crippen LogP contribution in [-0.2, 0) is 9.53 Å². The number of hydrogen-bond acceptors (Lipinski definition) is 12. The van der Waals surface area contributed by atoms with E-state index in [1.54, 1.807) is 0 Å². The molecular formula is C17H36N8O5. The molecule has 0 bridgehead atoms. The molecule has 0 aromatic carbocycles. The summed E-state index contributed by atoms with van der Waals surface area (Å²) in [5, 5.41) is 40.0. The monoisotopic (exact) mass is 432 g/mol. The van der Waals surface area contributed by atoms with Crippen LogP contribution >= 0.6 is 0 Å². The number of fused-ring (bicyclic) bond motifs is 1. The van der Waals surface area contributed by atoms with E-state index in [2.05, 4.69) is 16.0 Å². The van der Waals surface area contributed by atoms with Gasteiger partial charge in [0.1, 0.15) is 30.6 Å². The van der Waals surface area contributed by atoms with Crippen molar-refractivity contribution in [2.75, 3.05) is 39.5 Å². The molecule has 3 fully saturated rings. The van der Waals surface area contributed by atoms with Crippen LogP contribution in [0.15, 0.2) is 0 Å². The third kappa shape index (κ3) is 5.26. The van der Waals surface area contributed by atoms with Crippen molar-refractivity contribution < 1.29 is 24.9 Å². The largest absolute Gasteiger partial charge is 0.480 e. The van der Waals surface area contributed by atoms with Gasteiger partial charge in [-0.15, -0.1) is 0 Å². The van der Waals surface area contributed by atoms with Gasteiger partial charge in [-0.1, -0.05) is 0 Å². The summed E-state index contributed by atoms with van der Waals surface area (Å²) in [5.74, 6) is -1.05. The summed E-state index contributed by atoms with van der Waals surface area (Å²) in [4.78, 5) is 14.9. The molecule has 13 heteroatoms. The molecule has 0 aromatic heterocycles. The van der Waals surface area contributed by atoms with E-state index in [9.17, 15) is 15.0 Å². The van der Waals surface area contributed by atoms with Crippen molar-refractivity contribution in [3.8, 4) is 0 Å². The lowest BCUT2D eigenvalue weighted by Crippen LogP contribution is -2.68. The fourth-order valence-corrected chi connectivity index (χ4v) is 4.31. The molecule has 0 radical (unpaired) electrons. The van der Waals surface area contributed by atoms with Crippen LogP contribution in [0, 0.1) is 0 Å². The fourth-order valence-electron chi connectivity index (χ4n) is 4.31. The highest BCUT2D eigenvalue weighted by molar-refractivity contribution is 5.72. The predicted octanol–water partition coefficient (Wildman–Crippen LogP) is -5.12. The second kappa shape index (κ2) is 10.6. The third-order valence-corrected chi connectivity index (χ3v) is 6.10. The number of ether oxygens (including phenoxy) is 1. The van der Waals surface area contributed by atoms with Gasteiger partial charge in [-0.05, 0) is 25.9 Å². The molecule has 3 aliphatic heterocycles. The van der Waals surface area contributed by atoms with E-state index in [0.717, 1.165) is 0 Å². The first-order valence-electron chi connectivity index (χ1n) is 10.5. The molecule has 3 saturated heterocycles. The number of carboxylic acid groups (broad SMARTS) is 1. The van der Waals surface area contributed by atoms with Crippen molar-refractivity contribution in [1.29, 1.82) is 0 Å². The number of carboxylic acids is 1. The quantitative estimate of drug-likeness (QED) is 0.158. The Morgan fingerprint density at radius 3 is 2.70 bits per heavy atom. The SMILES string of the molecule is NCCCN(CC[C@H](N)C(=O)O)C[C@H]1O[C@@H](N2CNC3C(N)NCNC32)[C@H](O)[C@@H]1O. The van der Waals surface area contributed by atoms with Crippen molar-refractivity contribution in [2.24, 2.45) is 17.2 Å². The third-order valence-electron chi connectivity index (χ3n) is 6.10. The first kappa shape index (κ1) is 23.7. The molecule has 3 aliphatic rings. The number of aliphatic hydroxyl groups excluding tert-OH is 2. The number of rotatable bonds is 10. The van der Waals surface area contributed by atoms with Crippen LogP contribution in [0.1, 0.15) is 12.8 Å². The average Bonchev–Trinajstić information content (AvgIpc) is 3.26. The zero-order chi connectivity index (χ0) is 21.8. The molecule has 0 aromatic rings. The van der Waals surface area contributed by atoms with E-state index in [0.29, 0.717) is 45.9 Å². The maximum atomic E-state index is 11.0. The summed E-state index contributed by atoms with van der Waals surface area (Å²) >= 11 is 0. The van der Waals surface area contributed by atoms with Gasteiger partial charge in [-0.2, -0.15) is 0 Å². The lowest BCUT2D eigenvalue weighted by Gasteiger charge is -2.38.